The maximum Gasteiger partial charge on any atom is 0.416 e. The molecule has 0 saturated carbocycles. The van der Waals surface area contributed by atoms with Gasteiger partial charge < -0.3 is 10.6 Å². The van der Waals surface area contributed by atoms with E-state index in [2.05, 4.69) is 6.92 Å². The van der Waals surface area contributed by atoms with Crippen LogP contribution in [0.25, 0.3) is 0 Å². The van der Waals surface area contributed by atoms with Crippen LogP contribution in [-0.2, 0) is 11.0 Å². The molecular weight excluding hydrogens is 269 g/mol. The van der Waals surface area contributed by atoms with Gasteiger partial charge >= 0.3 is 6.18 Å². The van der Waals surface area contributed by atoms with Crippen LogP contribution in [0, 0.1) is 6.92 Å². The minimum atomic E-state index is -4.31. The van der Waals surface area contributed by atoms with Gasteiger partial charge in [0.2, 0.25) is 6.41 Å². The maximum atomic E-state index is 12.1. The molecule has 0 aromatic heterocycles. The molecule has 0 aliphatic carbocycles. The highest BCUT2D eigenvalue weighted by atomic mass is 19.4. The quantitative estimate of drug-likeness (QED) is 0.681. The van der Waals surface area contributed by atoms with Crippen molar-refractivity contribution >= 4 is 12.1 Å². The summed E-state index contributed by atoms with van der Waals surface area (Å²) in [5.41, 5.74) is 5.22. The number of carbonyl (C=O) groups excluding carboxylic acids is 1. The van der Waals surface area contributed by atoms with Crippen LogP contribution in [0.1, 0.15) is 31.4 Å². The SMILES string of the molecule is CCCN(C=O)CC.Cc1cc(N)cc(C(F)(F)F)c1. The van der Waals surface area contributed by atoms with E-state index >= 15 is 0 Å². The third kappa shape index (κ3) is 7.01. The highest BCUT2D eigenvalue weighted by Crippen LogP contribution is 2.30. The van der Waals surface area contributed by atoms with Crippen LogP contribution in [0.4, 0.5) is 18.9 Å². The lowest BCUT2D eigenvalue weighted by molar-refractivity contribution is -0.137. The van der Waals surface area contributed by atoms with E-state index in [1.807, 2.05) is 6.92 Å². The number of alkyl halides is 3. The molecule has 0 heterocycles. The fourth-order valence-corrected chi connectivity index (χ4v) is 1.55. The lowest BCUT2D eigenvalue weighted by Crippen LogP contribution is -2.21. The molecule has 1 rings (SSSR count). The predicted molar refractivity (Wildman–Crippen MR) is 74.2 cm³/mol. The van der Waals surface area contributed by atoms with Crippen LogP contribution in [0.2, 0.25) is 0 Å². The van der Waals surface area contributed by atoms with Crippen molar-refractivity contribution in [3.63, 3.8) is 0 Å². The molecular formula is C14H21F3N2O. The van der Waals surface area contributed by atoms with Crippen LogP contribution < -0.4 is 5.73 Å². The van der Waals surface area contributed by atoms with Gasteiger partial charge in [-0.1, -0.05) is 6.92 Å². The van der Waals surface area contributed by atoms with E-state index in [9.17, 15) is 18.0 Å². The monoisotopic (exact) mass is 290 g/mol. The molecule has 6 heteroatoms. The Morgan fingerprint density at radius 2 is 1.85 bits per heavy atom. The number of nitrogens with two attached hydrogens (primary N) is 1. The number of nitrogens with zero attached hydrogens (tertiary/aromatic N) is 1. The first kappa shape index (κ1) is 18.3. The zero-order valence-corrected chi connectivity index (χ0v) is 12.0. The van der Waals surface area contributed by atoms with E-state index in [0.29, 0.717) is 5.56 Å². The van der Waals surface area contributed by atoms with Gasteiger partial charge in [0, 0.05) is 18.8 Å². The molecule has 114 valence electrons. The third-order valence-corrected chi connectivity index (χ3v) is 2.49. The molecule has 0 aliphatic rings. The van der Waals surface area contributed by atoms with E-state index in [-0.39, 0.29) is 5.69 Å². The number of anilines is 1. The summed E-state index contributed by atoms with van der Waals surface area (Å²) in [6, 6.07) is 3.48. The van der Waals surface area contributed by atoms with Crippen LogP contribution in [0.3, 0.4) is 0 Å². The Morgan fingerprint density at radius 1 is 1.25 bits per heavy atom. The number of halogens is 3. The molecule has 20 heavy (non-hydrogen) atoms. The molecule has 2 N–H and O–H groups in total. The van der Waals surface area contributed by atoms with Gasteiger partial charge in [0.25, 0.3) is 0 Å². The molecule has 1 aromatic rings. The maximum absolute atomic E-state index is 12.1. The summed E-state index contributed by atoms with van der Waals surface area (Å²) in [7, 11) is 0. The summed E-state index contributed by atoms with van der Waals surface area (Å²) in [4.78, 5) is 11.8. The van der Waals surface area contributed by atoms with Gasteiger partial charge in [0.1, 0.15) is 0 Å². The standard InChI is InChI=1S/C8H8F3N.C6H13NO/c1-5-2-6(8(9,10)11)4-7(12)3-5;1-3-5-7(4-2)6-8/h2-4H,12H2,1H3;6H,3-5H2,1-2H3. The Bertz CT molecular complexity index is 399. The van der Waals surface area contributed by atoms with Crippen molar-refractivity contribution in [2.75, 3.05) is 18.8 Å². The van der Waals surface area contributed by atoms with Crippen LogP contribution in [0.15, 0.2) is 18.2 Å². The fourth-order valence-electron chi connectivity index (χ4n) is 1.55. The molecule has 0 atom stereocenters. The third-order valence-electron chi connectivity index (χ3n) is 2.49. The topological polar surface area (TPSA) is 46.3 Å². The Balaban J connectivity index is 0.000000396. The zero-order valence-electron chi connectivity index (χ0n) is 12.0. The normalized spacial score (nSPS) is 10.5. The highest BCUT2D eigenvalue weighted by Gasteiger charge is 2.30. The number of hydrogen-bond acceptors (Lipinski definition) is 2. The van der Waals surface area contributed by atoms with E-state index in [1.165, 1.54) is 6.07 Å². The van der Waals surface area contributed by atoms with Crippen molar-refractivity contribution in [3.05, 3.63) is 29.3 Å². The summed E-state index contributed by atoms with van der Waals surface area (Å²) in [6.45, 7) is 7.33. The van der Waals surface area contributed by atoms with Crippen molar-refractivity contribution in [2.45, 2.75) is 33.4 Å². The molecule has 0 spiro atoms. The Hall–Kier alpha value is -1.72. The smallest absolute Gasteiger partial charge is 0.399 e. The van der Waals surface area contributed by atoms with E-state index < -0.39 is 11.7 Å². The molecule has 0 bridgehead atoms. The minimum absolute atomic E-state index is 0.141. The summed E-state index contributed by atoms with van der Waals surface area (Å²) in [6.07, 6.45) is -2.36. The molecule has 1 amide bonds. The Morgan fingerprint density at radius 3 is 2.15 bits per heavy atom. The molecule has 0 saturated heterocycles. The lowest BCUT2D eigenvalue weighted by atomic mass is 10.1. The first-order chi connectivity index (χ1) is 9.24. The van der Waals surface area contributed by atoms with Gasteiger partial charge in [-0.2, -0.15) is 13.2 Å². The van der Waals surface area contributed by atoms with E-state index in [1.54, 1.807) is 11.8 Å². The lowest BCUT2D eigenvalue weighted by Gasteiger charge is -2.11. The summed E-state index contributed by atoms with van der Waals surface area (Å²) in [5, 5.41) is 0. The summed E-state index contributed by atoms with van der Waals surface area (Å²) >= 11 is 0. The van der Waals surface area contributed by atoms with E-state index in [0.717, 1.165) is 38.1 Å². The van der Waals surface area contributed by atoms with Crippen LogP contribution in [0.5, 0.6) is 0 Å². The molecule has 0 fully saturated rings. The van der Waals surface area contributed by atoms with Crippen molar-refractivity contribution in [1.82, 2.24) is 4.90 Å². The molecule has 0 radical (unpaired) electrons. The second kappa shape index (κ2) is 8.45. The van der Waals surface area contributed by atoms with Gasteiger partial charge in [-0.3, -0.25) is 4.79 Å². The number of aryl methyl sites for hydroxylation is 1. The van der Waals surface area contributed by atoms with Gasteiger partial charge in [-0.25, -0.2) is 0 Å². The van der Waals surface area contributed by atoms with Crippen LogP contribution >= 0.6 is 0 Å². The predicted octanol–water partition coefficient (Wildman–Crippen LogP) is 3.47. The number of hydrogen-bond donors (Lipinski definition) is 1. The number of benzene rings is 1. The Kier molecular flexibility index (Phi) is 7.72. The highest BCUT2D eigenvalue weighted by molar-refractivity contribution is 5.46. The second-order valence-corrected chi connectivity index (χ2v) is 4.36. The molecule has 0 aliphatic heterocycles. The van der Waals surface area contributed by atoms with E-state index in [4.69, 9.17) is 5.73 Å². The van der Waals surface area contributed by atoms with Gasteiger partial charge in [-0.15, -0.1) is 0 Å². The number of carbonyl (C=O) groups is 1. The van der Waals surface area contributed by atoms with Gasteiger partial charge in [0.05, 0.1) is 5.56 Å². The van der Waals surface area contributed by atoms with Crippen LogP contribution in [-0.4, -0.2) is 24.4 Å². The number of amides is 1. The number of rotatable bonds is 4. The average Bonchev–Trinajstić information content (AvgIpc) is 2.34. The average molecular weight is 290 g/mol. The van der Waals surface area contributed by atoms with Gasteiger partial charge in [0.15, 0.2) is 0 Å². The van der Waals surface area contributed by atoms with Crippen molar-refractivity contribution < 1.29 is 18.0 Å². The second-order valence-electron chi connectivity index (χ2n) is 4.36. The zero-order chi connectivity index (χ0) is 15.8. The molecule has 1 aromatic carbocycles. The summed E-state index contributed by atoms with van der Waals surface area (Å²) < 4.78 is 36.3. The van der Waals surface area contributed by atoms with Gasteiger partial charge in [-0.05, 0) is 44.0 Å². The fraction of sp³-hybridized carbons (Fsp3) is 0.500. The first-order valence-electron chi connectivity index (χ1n) is 6.38. The first-order valence-corrected chi connectivity index (χ1v) is 6.38. The largest absolute Gasteiger partial charge is 0.416 e. The van der Waals surface area contributed by atoms with Crippen molar-refractivity contribution in [2.24, 2.45) is 0 Å². The van der Waals surface area contributed by atoms with Crippen molar-refractivity contribution in [1.29, 1.82) is 0 Å². The number of nitrogen functional groups attached to an aromatic ring is 1. The van der Waals surface area contributed by atoms with Crippen molar-refractivity contribution in [3.8, 4) is 0 Å². The minimum Gasteiger partial charge on any atom is -0.399 e. The summed E-state index contributed by atoms with van der Waals surface area (Å²) in [5.74, 6) is 0. The Labute approximate surface area is 117 Å². The molecule has 0 unspecified atom stereocenters. The molecule has 3 nitrogen and oxygen atoms in total.